The summed E-state index contributed by atoms with van der Waals surface area (Å²) in [5, 5.41) is 11.1. The Morgan fingerprint density at radius 3 is 2.42 bits per heavy atom. The average Bonchev–Trinajstić information content (AvgIpc) is 3.11. The van der Waals surface area contributed by atoms with Crippen molar-refractivity contribution in [3.63, 3.8) is 0 Å². The summed E-state index contributed by atoms with van der Waals surface area (Å²) in [7, 11) is 1.80. The zero-order chi connectivity index (χ0) is 16.7. The molecule has 0 aliphatic rings. The molecule has 2 heterocycles. The number of guanidine groups is 1. The second-order valence-electron chi connectivity index (χ2n) is 5.25. The number of aliphatic imine (C=N–C) groups is 1. The normalized spacial score (nSPS) is 11.2. The van der Waals surface area contributed by atoms with E-state index in [1.54, 1.807) is 29.7 Å². The molecule has 0 saturated carbocycles. The monoisotopic (exact) mass is 479 g/mol. The van der Waals surface area contributed by atoms with Gasteiger partial charge in [0.1, 0.15) is 0 Å². The molecule has 0 atom stereocenters. The van der Waals surface area contributed by atoms with E-state index in [4.69, 9.17) is 0 Å². The lowest BCUT2D eigenvalue weighted by Gasteiger charge is -2.10. The van der Waals surface area contributed by atoms with E-state index in [2.05, 4.69) is 44.8 Å². The molecule has 24 heavy (non-hydrogen) atoms. The summed E-state index contributed by atoms with van der Waals surface area (Å²) in [6.07, 6.45) is 2.85. The van der Waals surface area contributed by atoms with Crippen molar-refractivity contribution in [3.8, 4) is 0 Å². The molecule has 0 radical (unpaired) electrons. The smallest absolute Gasteiger partial charge is 0.191 e. The highest BCUT2D eigenvalue weighted by Crippen LogP contribution is 2.17. The van der Waals surface area contributed by atoms with Gasteiger partial charge >= 0.3 is 0 Å². The quantitative estimate of drug-likeness (QED) is 0.363. The summed E-state index contributed by atoms with van der Waals surface area (Å²) >= 11 is 3.49. The molecule has 2 aromatic rings. The van der Waals surface area contributed by atoms with Gasteiger partial charge in [0.05, 0.1) is 21.4 Å². The first-order valence-electron chi connectivity index (χ1n) is 7.93. The molecule has 0 unspecified atom stereocenters. The summed E-state index contributed by atoms with van der Waals surface area (Å²) in [4.78, 5) is 14.7. The van der Waals surface area contributed by atoms with Gasteiger partial charge in [0.25, 0.3) is 0 Å². The maximum atomic E-state index is 4.67. The Labute approximate surface area is 169 Å². The number of thiazole rings is 2. The van der Waals surface area contributed by atoms with Crippen molar-refractivity contribution in [2.75, 3.05) is 20.1 Å². The lowest BCUT2D eigenvalue weighted by molar-refractivity contribution is 0.774. The van der Waals surface area contributed by atoms with Gasteiger partial charge in [-0.3, -0.25) is 4.99 Å². The largest absolute Gasteiger partial charge is 0.356 e. The Kier molecular flexibility index (Phi) is 9.75. The molecule has 0 aliphatic carbocycles. The van der Waals surface area contributed by atoms with Gasteiger partial charge < -0.3 is 10.6 Å². The average molecular weight is 479 g/mol. The molecule has 0 amide bonds. The number of nitrogens with one attached hydrogen (secondary N) is 2. The predicted octanol–water partition coefficient (Wildman–Crippen LogP) is 3.35. The Morgan fingerprint density at radius 2 is 1.88 bits per heavy atom. The van der Waals surface area contributed by atoms with Gasteiger partial charge in [-0.1, -0.05) is 6.92 Å². The van der Waals surface area contributed by atoms with Crippen LogP contribution in [0.5, 0.6) is 0 Å². The standard InChI is InChI=1S/C16H25N5S2.HI/c1-5-14-11(2)23-15(21-14)7-9-19-16(17-4)18-8-6-13-10-22-12(3)20-13;/h10H,5-9H2,1-4H3,(H2,17,18,19);1H. The molecule has 0 spiro atoms. The van der Waals surface area contributed by atoms with E-state index in [0.717, 1.165) is 49.0 Å². The van der Waals surface area contributed by atoms with Crippen molar-refractivity contribution in [3.05, 3.63) is 31.7 Å². The van der Waals surface area contributed by atoms with Crippen LogP contribution in [-0.4, -0.2) is 36.1 Å². The first kappa shape index (κ1) is 21.3. The van der Waals surface area contributed by atoms with Gasteiger partial charge in [0.2, 0.25) is 0 Å². The fourth-order valence-corrected chi connectivity index (χ4v) is 3.93. The van der Waals surface area contributed by atoms with Crippen LogP contribution >= 0.6 is 46.7 Å². The van der Waals surface area contributed by atoms with Crippen LogP contribution in [0.1, 0.15) is 33.2 Å². The highest BCUT2D eigenvalue weighted by atomic mass is 127. The molecule has 2 N–H and O–H groups in total. The minimum absolute atomic E-state index is 0. The predicted molar refractivity (Wildman–Crippen MR) is 115 cm³/mol. The van der Waals surface area contributed by atoms with Crippen LogP contribution < -0.4 is 10.6 Å². The van der Waals surface area contributed by atoms with Crippen LogP contribution in [0.3, 0.4) is 0 Å². The fourth-order valence-electron chi connectivity index (χ4n) is 2.26. The number of hydrogen-bond acceptors (Lipinski definition) is 5. The number of nitrogens with zero attached hydrogens (tertiary/aromatic N) is 3. The van der Waals surface area contributed by atoms with Gasteiger partial charge in [-0.2, -0.15) is 0 Å². The van der Waals surface area contributed by atoms with Crippen molar-refractivity contribution in [1.29, 1.82) is 0 Å². The molecule has 8 heteroatoms. The Hall–Kier alpha value is -0.740. The third-order valence-electron chi connectivity index (χ3n) is 3.47. The number of aromatic nitrogens is 2. The van der Waals surface area contributed by atoms with Crippen molar-refractivity contribution in [2.45, 2.75) is 40.0 Å². The van der Waals surface area contributed by atoms with Gasteiger partial charge in [0.15, 0.2) is 5.96 Å². The topological polar surface area (TPSA) is 62.2 Å². The van der Waals surface area contributed by atoms with Crippen LogP contribution in [0, 0.1) is 13.8 Å². The van der Waals surface area contributed by atoms with Crippen LogP contribution in [0.4, 0.5) is 0 Å². The zero-order valence-corrected chi connectivity index (χ0v) is 18.6. The summed E-state index contributed by atoms with van der Waals surface area (Å²) < 4.78 is 0. The third kappa shape index (κ3) is 6.64. The SMILES string of the molecule is CCc1nc(CCNC(=NC)NCCc2csc(C)n2)sc1C.I. The molecule has 134 valence electrons. The highest BCUT2D eigenvalue weighted by molar-refractivity contribution is 14.0. The van der Waals surface area contributed by atoms with E-state index >= 15 is 0 Å². The zero-order valence-electron chi connectivity index (χ0n) is 14.7. The van der Waals surface area contributed by atoms with E-state index < -0.39 is 0 Å². The van der Waals surface area contributed by atoms with E-state index in [1.165, 1.54) is 15.6 Å². The first-order valence-corrected chi connectivity index (χ1v) is 9.62. The van der Waals surface area contributed by atoms with Crippen LogP contribution in [0.15, 0.2) is 10.4 Å². The van der Waals surface area contributed by atoms with Crippen molar-refractivity contribution in [1.82, 2.24) is 20.6 Å². The number of halogens is 1. The molecular weight excluding hydrogens is 453 g/mol. The van der Waals surface area contributed by atoms with Gasteiger partial charge in [-0.15, -0.1) is 46.7 Å². The summed E-state index contributed by atoms with van der Waals surface area (Å²) in [5.41, 5.74) is 2.37. The Balaban J connectivity index is 0.00000288. The maximum Gasteiger partial charge on any atom is 0.191 e. The second kappa shape index (κ2) is 11.0. The van der Waals surface area contributed by atoms with Gasteiger partial charge in [0, 0.05) is 43.2 Å². The lowest BCUT2D eigenvalue weighted by atomic mass is 10.3. The summed E-state index contributed by atoms with van der Waals surface area (Å²) in [5.74, 6) is 0.834. The number of hydrogen-bond donors (Lipinski definition) is 2. The second-order valence-corrected chi connectivity index (χ2v) is 7.60. The molecule has 0 bridgehead atoms. The molecule has 0 aliphatic heterocycles. The molecule has 0 fully saturated rings. The number of aryl methyl sites for hydroxylation is 3. The summed E-state index contributed by atoms with van der Waals surface area (Å²) in [6, 6.07) is 0. The maximum absolute atomic E-state index is 4.67. The minimum Gasteiger partial charge on any atom is -0.356 e. The number of rotatable bonds is 7. The molecule has 2 aromatic heterocycles. The van der Waals surface area contributed by atoms with E-state index in [-0.39, 0.29) is 24.0 Å². The summed E-state index contributed by atoms with van der Waals surface area (Å²) in [6.45, 7) is 8.00. The first-order chi connectivity index (χ1) is 11.1. The van der Waals surface area contributed by atoms with Crippen LogP contribution in [-0.2, 0) is 19.3 Å². The molecule has 0 aromatic carbocycles. The molecule has 5 nitrogen and oxygen atoms in total. The molecule has 0 saturated heterocycles. The van der Waals surface area contributed by atoms with E-state index in [1.807, 2.05) is 6.92 Å². The minimum atomic E-state index is 0. The van der Waals surface area contributed by atoms with Crippen LogP contribution in [0.25, 0.3) is 0 Å². The highest BCUT2D eigenvalue weighted by Gasteiger charge is 2.06. The van der Waals surface area contributed by atoms with Gasteiger partial charge in [-0.25, -0.2) is 9.97 Å². The van der Waals surface area contributed by atoms with Crippen molar-refractivity contribution < 1.29 is 0 Å². The fraction of sp³-hybridized carbons (Fsp3) is 0.562. The Morgan fingerprint density at radius 1 is 1.17 bits per heavy atom. The molecule has 2 rings (SSSR count). The third-order valence-corrected chi connectivity index (χ3v) is 5.36. The van der Waals surface area contributed by atoms with E-state index in [0.29, 0.717) is 0 Å². The van der Waals surface area contributed by atoms with Crippen molar-refractivity contribution in [2.24, 2.45) is 4.99 Å². The van der Waals surface area contributed by atoms with E-state index in [9.17, 15) is 0 Å². The van der Waals surface area contributed by atoms with Gasteiger partial charge in [-0.05, 0) is 20.3 Å². The Bertz CT molecular complexity index is 651. The van der Waals surface area contributed by atoms with Crippen molar-refractivity contribution >= 4 is 52.6 Å². The van der Waals surface area contributed by atoms with Crippen LogP contribution in [0.2, 0.25) is 0 Å². The lowest BCUT2D eigenvalue weighted by Crippen LogP contribution is -2.39. The molecular formula is C16H26IN5S2.